The summed E-state index contributed by atoms with van der Waals surface area (Å²) in [4.78, 5) is 14.5. The highest BCUT2D eigenvalue weighted by atomic mass is 16.4. The Labute approximate surface area is 76.6 Å². The Balaban J connectivity index is 2.69. The second-order valence-corrected chi connectivity index (χ2v) is 2.89. The van der Waals surface area contributed by atoms with Crippen molar-refractivity contribution >= 4 is 11.7 Å². The third-order valence-corrected chi connectivity index (χ3v) is 1.65. The number of rotatable bonds is 3. The van der Waals surface area contributed by atoms with Gasteiger partial charge in [0.2, 0.25) is 0 Å². The highest BCUT2D eigenvalue weighted by molar-refractivity contribution is 5.76. The van der Waals surface area contributed by atoms with Gasteiger partial charge in [-0.3, -0.25) is 9.78 Å². The Hall–Kier alpha value is -1.58. The summed E-state index contributed by atoms with van der Waals surface area (Å²) in [5.41, 5.74) is 1.64. The highest BCUT2D eigenvalue weighted by Gasteiger charge is 2.09. The zero-order valence-electron chi connectivity index (χ0n) is 7.61. The van der Waals surface area contributed by atoms with Gasteiger partial charge in [-0.15, -0.1) is 0 Å². The first kappa shape index (κ1) is 9.51. The van der Waals surface area contributed by atoms with Crippen molar-refractivity contribution in [1.82, 2.24) is 4.98 Å². The van der Waals surface area contributed by atoms with Gasteiger partial charge in [-0.1, -0.05) is 0 Å². The first-order chi connectivity index (χ1) is 6.09. The van der Waals surface area contributed by atoms with Crippen LogP contribution in [0, 0.1) is 6.92 Å². The molecule has 70 valence electrons. The number of pyridine rings is 1. The molecule has 0 bridgehead atoms. The summed E-state index contributed by atoms with van der Waals surface area (Å²) < 4.78 is 0. The lowest BCUT2D eigenvalue weighted by Gasteiger charge is -2.10. The fraction of sp³-hybridized carbons (Fsp3) is 0.333. The monoisotopic (exact) mass is 180 g/mol. The van der Waals surface area contributed by atoms with Crippen molar-refractivity contribution in [3.63, 3.8) is 0 Å². The van der Waals surface area contributed by atoms with E-state index in [-0.39, 0.29) is 0 Å². The van der Waals surface area contributed by atoms with Crippen LogP contribution in [0.3, 0.4) is 0 Å². The minimum Gasteiger partial charge on any atom is -0.480 e. The molecule has 1 unspecified atom stereocenters. The van der Waals surface area contributed by atoms with E-state index in [1.807, 2.05) is 6.92 Å². The summed E-state index contributed by atoms with van der Waals surface area (Å²) in [5.74, 6) is -0.866. The number of aromatic nitrogens is 1. The van der Waals surface area contributed by atoms with Gasteiger partial charge in [0.1, 0.15) is 6.04 Å². The van der Waals surface area contributed by atoms with Crippen molar-refractivity contribution in [3.05, 3.63) is 24.0 Å². The molecule has 4 heteroatoms. The number of aryl methyl sites for hydroxylation is 1. The molecule has 4 nitrogen and oxygen atoms in total. The first-order valence-electron chi connectivity index (χ1n) is 4.01. The quantitative estimate of drug-likeness (QED) is 0.735. The molecule has 0 spiro atoms. The smallest absolute Gasteiger partial charge is 0.325 e. The van der Waals surface area contributed by atoms with Crippen LogP contribution in [0.5, 0.6) is 0 Å². The Kier molecular flexibility index (Phi) is 2.84. The zero-order chi connectivity index (χ0) is 9.84. The molecule has 1 rings (SSSR count). The van der Waals surface area contributed by atoms with Crippen LogP contribution in [0.15, 0.2) is 18.3 Å². The molecule has 0 aliphatic heterocycles. The topological polar surface area (TPSA) is 62.2 Å². The van der Waals surface area contributed by atoms with Crippen LogP contribution in [0.25, 0.3) is 0 Å². The molecule has 1 heterocycles. The van der Waals surface area contributed by atoms with Gasteiger partial charge in [0.15, 0.2) is 0 Å². The van der Waals surface area contributed by atoms with Gasteiger partial charge in [0, 0.05) is 17.6 Å². The molecule has 1 atom stereocenters. The average Bonchev–Trinajstić information content (AvgIpc) is 2.04. The average molecular weight is 180 g/mol. The van der Waals surface area contributed by atoms with Crippen LogP contribution in [-0.2, 0) is 4.79 Å². The minimum absolute atomic E-state index is 0.582. The number of nitrogens with one attached hydrogen (secondary N) is 1. The van der Waals surface area contributed by atoms with Crippen LogP contribution in [0.2, 0.25) is 0 Å². The summed E-state index contributed by atoms with van der Waals surface area (Å²) in [7, 11) is 0. The number of anilines is 1. The van der Waals surface area contributed by atoms with E-state index >= 15 is 0 Å². The molecule has 0 radical (unpaired) electrons. The van der Waals surface area contributed by atoms with Crippen LogP contribution in [0.1, 0.15) is 12.6 Å². The molecular weight excluding hydrogens is 168 g/mol. The summed E-state index contributed by atoms with van der Waals surface area (Å²) in [6.45, 7) is 3.45. The van der Waals surface area contributed by atoms with E-state index in [1.54, 1.807) is 25.3 Å². The number of hydrogen-bond donors (Lipinski definition) is 2. The zero-order valence-corrected chi connectivity index (χ0v) is 7.61. The normalized spacial score (nSPS) is 12.2. The fourth-order valence-electron chi connectivity index (χ4n) is 0.947. The Morgan fingerprint density at radius 1 is 1.69 bits per heavy atom. The number of carboxylic acid groups (broad SMARTS) is 1. The van der Waals surface area contributed by atoms with Gasteiger partial charge >= 0.3 is 5.97 Å². The molecule has 0 amide bonds. The van der Waals surface area contributed by atoms with Gasteiger partial charge in [-0.05, 0) is 26.0 Å². The Bertz CT molecular complexity index is 312. The molecule has 0 aliphatic rings. The van der Waals surface area contributed by atoms with Crippen LogP contribution < -0.4 is 5.32 Å². The summed E-state index contributed by atoms with van der Waals surface area (Å²) in [6, 6.07) is 2.97. The predicted octanol–water partition coefficient (Wildman–Crippen LogP) is 1.28. The lowest BCUT2D eigenvalue weighted by molar-refractivity contribution is -0.137. The number of carbonyl (C=O) groups is 1. The third kappa shape index (κ3) is 2.74. The van der Waals surface area contributed by atoms with E-state index in [2.05, 4.69) is 10.3 Å². The van der Waals surface area contributed by atoms with Crippen molar-refractivity contribution in [2.45, 2.75) is 19.9 Å². The van der Waals surface area contributed by atoms with Gasteiger partial charge in [-0.25, -0.2) is 0 Å². The summed E-state index contributed by atoms with van der Waals surface area (Å²) in [5, 5.41) is 11.5. The molecule has 13 heavy (non-hydrogen) atoms. The van der Waals surface area contributed by atoms with Crippen molar-refractivity contribution in [2.24, 2.45) is 0 Å². The predicted molar refractivity (Wildman–Crippen MR) is 49.7 cm³/mol. The fourth-order valence-corrected chi connectivity index (χ4v) is 0.947. The molecule has 1 aromatic heterocycles. The molecule has 0 aliphatic carbocycles. The molecule has 0 saturated heterocycles. The maximum atomic E-state index is 10.5. The molecule has 2 N–H and O–H groups in total. The van der Waals surface area contributed by atoms with Gasteiger partial charge < -0.3 is 10.4 Å². The van der Waals surface area contributed by atoms with Crippen molar-refractivity contribution in [3.8, 4) is 0 Å². The minimum atomic E-state index is -0.866. The summed E-state index contributed by atoms with van der Waals surface area (Å²) in [6.07, 6.45) is 1.65. The maximum absolute atomic E-state index is 10.5. The molecule has 1 aromatic rings. The third-order valence-electron chi connectivity index (χ3n) is 1.65. The second kappa shape index (κ2) is 3.89. The van der Waals surface area contributed by atoms with E-state index in [1.165, 1.54) is 0 Å². The number of hydrogen-bond acceptors (Lipinski definition) is 3. The van der Waals surface area contributed by atoms with E-state index in [4.69, 9.17) is 5.11 Å². The van der Waals surface area contributed by atoms with Gasteiger partial charge in [0.05, 0.1) is 0 Å². The highest BCUT2D eigenvalue weighted by Crippen LogP contribution is 2.08. The molecule has 0 aromatic carbocycles. The molecular formula is C9H12N2O2. The van der Waals surface area contributed by atoms with Crippen LogP contribution in [0.4, 0.5) is 5.69 Å². The number of nitrogens with zero attached hydrogens (tertiary/aromatic N) is 1. The molecule has 0 fully saturated rings. The van der Waals surface area contributed by atoms with E-state index in [9.17, 15) is 4.79 Å². The Morgan fingerprint density at radius 2 is 2.38 bits per heavy atom. The largest absolute Gasteiger partial charge is 0.480 e. The van der Waals surface area contributed by atoms with Crippen LogP contribution >= 0.6 is 0 Å². The molecule has 0 saturated carbocycles. The maximum Gasteiger partial charge on any atom is 0.325 e. The number of aliphatic carboxylic acids is 1. The van der Waals surface area contributed by atoms with Gasteiger partial charge in [0.25, 0.3) is 0 Å². The van der Waals surface area contributed by atoms with Crippen molar-refractivity contribution in [2.75, 3.05) is 5.32 Å². The summed E-state index contributed by atoms with van der Waals surface area (Å²) >= 11 is 0. The van der Waals surface area contributed by atoms with Crippen molar-refractivity contribution < 1.29 is 9.90 Å². The van der Waals surface area contributed by atoms with E-state index in [0.717, 1.165) is 11.4 Å². The van der Waals surface area contributed by atoms with Gasteiger partial charge in [-0.2, -0.15) is 0 Å². The second-order valence-electron chi connectivity index (χ2n) is 2.89. The van der Waals surface area contributed by atoms with E-state index in [0.29, 0.717) is 0 Å². The lowest BCUT2D eigenvalue weighted by Crippen LogP contribution is -2.25. The lowest BCUT2D eigenvalue weighted by atomic mass is 10.3. The first-order valence-corrected chi connectivity index (χ1v) is 4.01. The number of carboxylic acids is 1. The van der Waals surface area contributed by atoms with E-state index < -0.39 is 12.0 Å². The Morgan fingerprint density at radius 3 is 2.92 bits per heavy atom. The SMILES string of the molecule is Cc1cc(NC(C)C(=O)O)ccn1. The van der Waals surface area contributed by atoms with Crippen molar-refractivity contribution in [1.29, 1.82) is 0 Å². The van der Waals surface area contributed by atoms with Crippen LogP contribution in [-0.4, -0.2) is 22.1 Å². The standard InChI is InChI=1S/C9H12N2O2/c1-6-5-8(3-4-10-6)11-7(2)9(12)13/h3-5,7H,1-2H3,(H,10,11)(H,12,13).